The van der Waals surface area contributed by atoms with Crippen LogP contribution in [0.1, 0.15) is 11.5 Å². The highest BCUT2D eigenvalue weighted by atomic mass is 127. The first-order chi connectivity index (χ1) is 6.27. The van der Waals surface area contributed by atoms with Crippen LogP contribution in [0.4, 0.5) is 0 Å². The molecule has 3 heteroatoms. The van der Waals surface area contributed by atoms with Crippen LogP contribution in [-0.4, -0.2) is 19.1 Å². The van der Waals surface area contributed by atoms with Crippen LogP contribution < -0.4 is 11.1 Å². The van der Waals surface area contributed by atoms with Crippen LogP contribution >= 0.6 is 22.6 Å². The number of benzene rings is 1. The number of hydrogen-bond donors (Lipinski definition) is 2. The van der Waals surface area contributed by atoms with Crippen molar-refractivity contribution in [1.29, 1.82) is 0 Å². The monoisotopic (exact) mass is 288 g/mol. The van der Waals surface area contributed by atoms with Crippen molar-refractivity contribution >= 4 is 22.6 Å². The van der Waals surface area contributed by atoms with Crippen molar-refractivity contribution in [2.24, 2.45) is 5.73 Å². The van der Waals surface area contributed by atoms with Gasteiger partial charge in [0.15, 0.2) is 0 Å². The SMILES string of the molecule is NC1CNCC1c1cccc(I)c1. The van der Waals surface area contributed by atoms with E-state index in [1.165, 1.54) is 9.13 Å². The summed E-state index contributed by atoms with van der Waals surface area (Å²) in [5.41, 5.74) is 7.36. The lowest BCUT2D eigenvalue weighted by molar-refractivity contribution is 0.653. The molecule has 2 unspecified atom stereocenters. The van der Waals surface area contributed by atoms with E-state index in [9.17, 15) is 0 Å². The molecule has 0 aliphatic carbocycles. The third-order valence-electron chi connectivity index (χ3n) is 2.54. The predicted octanol–water partition coefficient (Wildman–Crippen LogP) is 1.31. The molecule has 0 amide bonds. The van der Waals surface area contributed by atoms with Crippen molar-refractivity contribution < 1.29 is 0 Å². The zero-order chi connectivity index (χ0) is 9.26. The molecular weight excluding hydrogens is 275 g/mol. The van der Waals surface area contributed by atoms with Gasteiger partial charge in [-0.05, 0) is 40.3 Å². The average molecular weight is 288 g/mol. The molecule has 1 fully saturated rings. The fourth-order valence-electron chi connectivity index (χ4n) is 1.80. The van der Waals surface area contributed by atoms with Gasteiger partial charge in [-0.3, -0.25) is 0 Å². The summed E-state index contributed by atoms with van der Waals surface area (Å²) in [7, 11) is 0. The first-order valence-corrected chi connectivity index (χ1v) is 5.57. The zero-order valence-electron chi connectivity index (χ0n) is 7.33. The average Bonchev–Trinajstić information content (AvgIpc) is 2.51. The summed E-state index contributed by atoms with van der Waals surface area (Å²) in [5, 5.41) is 3.31. The molecule has 0 saturated carbocycles. The van der Waals surface area contributed by atoms with Gasteiger partial charge in [-0.1, -0.05) is 12.1 Å². The summed E-state index contributed by atoms with van der Waals surface area (Å²) in [6.07, 6.45) is 0. The van der Waals surface area contributed by atoms with Crippen LogP contribution in [0.5, 0.6) is 0 Å². The lowest BCUT2D eigenvalue weighted by atomic mass is 9.95. The number of hydrogen-bond acceptors (Lipinski definition) is 2. The Bertz CT molecular complexity index is 301. The summed E-state index contributed by atoms with van der Waals surface area (Å²) in [6, 6.07) is 8.87. The molecule has 2 nitrogen and oxygen atoms in total. The Morgan fingerprint density at radius 2 is 2.23 bits per heavy atom. The number of halogens is 1. The standard InChI is InChI=1S/C10H13IN2/c11-8-3-1-2-7(4-8)9-5-13-6-10(9)12/h1-4,9-10,13H,5-6,12H2. The van der Waals surface area contributed by atoms with E-state index in [4.69, 9.17) is 5.73 Å². The number of nitrogens with two attached hydrogens (primary N) is 1. The van der Waals surface area contributed by atoms with E-state index in [2.05, 4.69) is 52.2 Å². The molecule has 1 aliphatic heterocycles. The van der Waals surface area contributed by atoms with Crippen LogP contribution in [0.2, 0.25) is 0 Å². The summed E-state index contributed by atoms with van der Waals surface area (Å²) >= 11 is 2.34. The molecule has 1 saturated heterocycles. The summed E-state index contributed by atoms with van der Waals surface area (Å²) < 4.78 is 1.29. The van der Waals surface area contributed by atoms with Crippen molar-refractivity contribution in [3.05, 3.63) is 33.4 Å². The van der Waals surface area contributed by atoms with E-state index in [0.717, 1.165) is 13.1 Å². The fraction of sp³-hybridized carbons (Fsp3) is 0.400. The van der Waals surface area contributed by atoms with Gasteiger partial charge in [-0.25, -0.2) is 0 Å². The molecule has 1 heterocycles. The molecule has 1 aliphatic rings. The maximum Gasteiger partial charge on any atom is 0.0247 e. The van der Waals surface area contributed by atoms with Crippen molar-refractivity contribution in [3.63, 3.8) is 0 Å². The second kappa shape index (κ2) is 3.94. The van der Waals surface area contributed by atoms with E-state index < -0.39 is 0 Å². The van der Waals surface area contributed by atoms with Gasteiger partial charge in [0.25, 0.3) is 0 Å². The third-order valence-corrected chi connectivity index (χ3v) is 3.21. The Hall–Kier alpha value is -0.130. The van der Waals surface area contributed by atoms with Crippen molar-refractivity contribution in [1.82, 2.24) is 5.32 Å². The van der Waals surface area contributed by atoms with Gasteiger partial charge in [-0.2, -0.15) is 0 Å². The molecule has 1 aromatic rings. The molecule has 3 N–H and O–H groups in total. The molecule has 13 heavy (non-hydrogen) atoms. The Morgan fingerprint density at radius 3 is 2.85 bits per heavy atom. The lowest BCUT2D eigenvalue weighted by Crippen LogP contribution is -2.27. The highest BCUT2D eigenvalue weighted by Gasteiger charge is 2.24. The van der Waals surface area contributed by atoms with E-state index in [0.29, 0.717) is 5.92 Å². The zero-order valence-corrected chi connectivity index (χ0v) is 9.49. The van der Waals surface area contributed by atoms with E-state index >= 15 is 0 Å². The first kappa shape index (κ1) is 9.43. The van der Waals surface area contributed by atoms with Gasteiger partial charge in [0, 0.05) is 28.6 Å². The Balaban J connectivity index is 2.24. The molecule has 0 bridgehead atoms. The molecule has 1 aromatic carbocycles. The molecule has 2 atom stereocenters. The fourth-order valence-corrected chi connectivity index (χ4v) is 2.37. The highest BCUT2D eigenvalue weighted by molar-refractivity contribution is 14.1. The molecular formula is C10H13IN2. The van der Waals surface area contributed by atoms with Crippen molar-refractivity contribution in [3.8, 4) is 0 Å². The van der Waals surface area contributed by atoms with Crippen molar-refractivity contribution in [2.45, 2.75) is 12.0 Å². The van der Waals surface area contributed by atoms with Crippen LogP contribution in [0.15, 0.2) is 24.3 Å². The number of nitrogens with one attached hydrogen (secondary N) is 1. The van der Waals surface area contributed by atoms with Crippen molar-refractivity contribution in [2.75, 3.05) is 13.1 Å². The quantitative estimate of drug-likeness (QED) is 0.765. The van der Waals surface area contributed by atoms with Crippen LogP contribution in [0.25, 0.3) is 0 Å². The minimum atomic E-state index is 0.276. The smallest absolute Gasteiger partial charge is 0.0247 e. The molecule has 0 aromatic heterocycles. The molecule has 2 rings (SSSR count). The Labute approximate surface area is 92.0 Å². The predicted molar refractivity (Wildman–Crippen MR) is 62.7 cm³/mol. The summed E-state index contributed by atoms with van der Waals surface area (Å²) in [5.74, 6) is 0.495. The number of rotatable bonds is 1. The first-order valence-electron chi connectivity index (χ1n) is 4.49. The van der Waals surface area contributed by atoms with E-state index in [1.54, 1.807) is 0 Å². The maximum absolute atomic E-state index is 6.00. The minimum Gasteiger partial charge on any atom is -0.326 e. The lowest BCUT2D eigenvalue weighted by Gasteiger charge is -2.14. The normalized spacial score (nSPS) is 27.8. The third kappa shape index (κ3) is 2.03. The van der Waals surface area contributed by atoms with Gasteiger partial charge in [-0.15, -0.1) is 0 Å². The second-order valence-corrected chi connectivity index (χ2v) is 4.73. The topological polar surface area (TPSA) is 38.0 Å². The van der Waals surface area contributed by atoms with E-state index in [-0.39, 0.29) is 6.04 Å². The summed E-state index contributed by atoms with van der Waals surface area (Å²) in [6.45, 7) is 1.96. The van der Waals surface area contributed by atoms with Gasteiger partial charge in [0.1, 0.15) is 0 Å². The largest absolute Gasteiger partial charge is 0.326 e. The highest BCUT2D eigenvalue weighted by Crippen LogP contribution is 2.22. The van der Waals surface area contributed by atoms with E-state index in [1.807, 2.05) is 0 Å². The maximum atomic E-state index is 6.00. The van der Waals surface area contributed by atoms with Crippen LogP contribution in [0, 0.1) is 3.57 Å². The van der Waals surface area contributed by atoms with Gasteiger partial charge >= 0.3 is 0 Å². The van der Waals surface area contributed by atoms with Gasteiger partial charge < -0.3 is 11.1 Å². The summed E-state index contributed by atoms with van der Waals surface area (Å²) in [4.78, 5) is 0. The Kier molecular flexibility index (Phi) is 2.86. The minimum absolute atomic E-state index is 0.276. The van der Waals surface area contributed by atoms with Gasteiger partial charge in [0.2, 0.25) is 0 Å². The Morgan fingerprint density at radius 1 is 1.38 bits per heavy atom. The molecule has 70 valence electrons. The molecule has 0 radical (unpaired) electrons. The van der Waals surface area contributed by atoms with Gasteiger partial charge in [0.05, 0.1) is 0 Å². The van der Waals surface area contributed by atoms with Crippen LogP contribution in [-0.2, 0) is 0 Å². The molecule has 0 spiro atoms. The second-order valence-electron chi connectivity index (χ2n) is 3.48. The van der Waals surface area contributed by atoms with Crippen LogP contribution in [0.3, 0.4) is 0 Å².